The van der Waals surface area contributed by atoms with Gasteiger partial charge in [-0.25, -0.2) is 23.4 Å². The second-order valence-electron chi connectivity index (χ2n) is 6.68. The molecule has 1 fully saturated rings. The van der Waals surface area contributed by atoms with Gasteiger partial charge in [-0.1, -0.05) is 0 Å². The number of hydrogen-bond donors (Lipinski definition) is 0. The van der Waals surface area contributed by atoms with Gasteiger partial charge < -0.3 is 4.90 Å². The van der Waals surface area contributed by atoms with E-state index in [1.54, 1.807) is 11.0 Å². The maximum absolute atomic E-state index is 13.4. The fourth-order valence-corrected chi connectivity index (χ4v) is 3.27. The molecule has 1 aliphatic rings. The Kier molecular flexibility index (Phi) is 4.81. The van der Waals surface area contributed by atoms with Crippen LogP contribution in [-0.4, -0.2) is 50.8 Å². The Morgan fingerprint density at radius 3 is 2.30 bits per heavy atom. The van der Waals surface area contributed by atoms with Crippen LogP contribution in [0, 0.1) is 18.6 Å². The number of benzene rings is 1. The molecule has 1 saturated heterocycles. The van der Waals surface area contributed by atoms with Gasteiger partial charge >= 0.3 is 0 Å². The second-order valence-corrected chi connectivity index (χ2v) is 6.68. The summed E-state index contributed by atoms with van der Waals surface area (Å²) in [6.45, 7) is 5.61. The van der Waals surface area contributed by atoms with Crippen molar-refractivity contribution in [1.82, 2.24) is 24.6 Å². The Morgan fingerprint density at radius 1 is 0.926 bits per heavy atom. The molecule has 3 heterocycles. The van der Waals surface area contributed by atoms with E-state index in [9.17, 15) is 8.78 Å². The first kappa shape index (κ1) is 17.5. The van der Waals surface area contributed by atoms with Crippen molar-refractivity contribution < 1.29 is 8.78 Å². The lowest BCUT2D eigenvalue weighted by Crippen LogP contribution is -2.46. The minimum atomic E-state index is -0.536. The van der Waals surface area contributed by atoms with Crippen LogP contribution < -0.4 is 4.90 Å². The smallest absolute Gasteiger partial charge is 0.158 e. The van der Waals surface area contributed by atoms with Crippen molar-refractivity contribution in [2.24, 2.45) is 0 Å². The van der Waals surface area contributed by atoms with Gasteiger partial charge in [0.1, 0.15) is 23.8 Å². The minimum Gasteiger partial charge on any atom is -0.354 e. The fraction of sp³-hybridized carbons (Fsp3) is 0.316. The molecule has 0 amide bonds. The highest BCUT2D eigenvalue weighted by Crippen LogP contribution is 2.18. The van der Waals surface area contributed by atoms with Crippen LogP contribution in [0.1, 0.15) is 11.3 Å². The highest BCUT2D eigenvalue weighted by Gasteiger charge is 2.19. The van der Waals surface area contributed by atoms with Crippen molar-refractivity contribution in [3.63, 3.8) is 0 Å². The standard InChI is InChI=1S/C19H20F2N6/c1-14-2-3-27(24-14)19-11-18(22-13-23-19)26-6-4-25(5-7-26)12-15-8-16(20)10-17(21)9-15/h2-3,8-11,13H,4-7,12H2,1H3. The van der Waals surface area contributed by atoms with Gasteiger partial charge in [-0.3, -0.25) is 4.90 Å². The average Bonchev–Trinajstić information content (AvgIpc) is 3.08. The van der Waals surface area contributed by atoms with Crippen molar-refractivity contribution in [2.75, 3.05) is 31.1 Å². The lowest BCUT2D eigenvalue weighted by molar-refractivity contribution is 0.248. The van der Waals surface area contributed by atoms with Gasteiger partial charge in [0, 0.05) is 51.1 Å². The highest BCUT2D eigenvalue weighted by molar-refractivity contribution is 5.43. The SMILES string of the molecule is Cc1ccn(-c2cc(N3CCN(Cc4cc(F)cc(F)c4)CC3)ncn2)n1. The fourth-order valence-electron chi connectivity index (χ4n) is 3.27. The first-order valence-corrected chi connectivity index (χ1v) is 8.84. The minimum absolute atomic E-state index is 0.532. The molecule has 1 aliphatic heterocycles. The predicted molar refractivity (Wildman–Crippen MR) is 97.7 cm³/mol. The van der Waals surface area contributed by atoms with E-state index in [2.05, 4.69) is 24.9 Å². The van der Waals surface area contributed by atoms with E-state index in [1.165, 1.54) is 12.1 Å². The summed E-state index contributed by atoms with van der Waals surface area (Å²) in [5, 5.41) is 4.38. The van der Waals surface area contributed by atoms with Crippen molar-refractivity contribution in [1.29, 1.82) is 0 Å². The first-order valence-electron chi connectivity index (χ1n) is 8.84. The molecule has 0 spiro atoms. The number of hydrogen-bond acceptors (Lipinski definition) is 5. The number of rotatable bonds is 4. The Hall–Kier alpha value is -2.87. The summed E-state index contributed by atoms with van der Waals surface area (Å²) in [5.74, 6) is 0.507. The molecule has 140 valence electrons. The maximum Gasteiger partial charge on any atom is 0.158 e. The van der Waals surface area contributed by atoms with E-state index < -0.39 is 11.6 Å². The normalized spacial score (nSPS) is 15.3. The van der Waals surface area contributed by atoms with E-state index in [-0.39, 0.29) is 0 Å². The molecule has 0 N–H and O–H groups in total. The summed E-state index contributed by atoms with van der Waals surface area (Å²) >= 11 is 0. The van der Waals surface area contributed by atoms with Crippen LogP contribution in [0.25, 0.3) is 5.82 Å². The van der Waals surface area contributed by atoms with Crippen molar-refractivity contribution in [3.05, 3.63) is 65.7 Å². The molecule has 2 aromatic heterocycles. The van der Waals surface area contributed by atoms with Gasteiger partial charge in [-0.05, 0) is 30.7 Å². The van der Waals surface area contributed by atoms with Crippen LogP contribution in [0.3, 0.4) is 0 Å². The van der Waals surface area contributed by atoms with E-state index in [0.29, 0.717) is 12.1 Å². The molecule has 0 bridgehead atoms. The van der Waals surface area contributed by atoms with Crippen LogP contribution in [-0.2, 0) is 6.54 Å². The molecule has 0 saturated carbocycles. The lowest BCUT2D eigenvalue weighted by atomic mass is 10.2. The molecule has 3 aromatic rings. The van der Waals surface area contributed by atoms with E-state index in [1.807, 2.05) is 25.3 Å². The summed E-state index contributed by atoms with van der Waals surface area (Å²) in [4.78, 5) is 13.0. The molecule has 8 heteroatoms. The Labute approximate surface area is 156 Å². The zero-order chi connectivity index (χ0) is 18.8. The molecular weight excluding hydrogens is 350 g/mol. The topological polar surface area (TPSA) is 50.1 Å². The van der Waals surface area contributed by atoms with Crippen molar-refractivity contribution in [2.45, 2.75) is 13.5 Å². The number of aryl methyl sites for hydroxylation is 1. The maximum atomic E-state index is 13.4. The summed E-state index contributed by atoms with van der Waals surface area (Å²) in [5.41, 5.74) is 1.58. The number of anilines is 1. The van der Waals surface area contributed by atoms with E-state index in [0.717, 1.165) is 49.6 Å². The van der Waals surface area contributed by atoms with Gasteiger partial charge in [0.05, 0.1) is 5.69 Å². The van der Waals surface area contributed by atoms with Crippen molar-refractivity contribution >= 4 is 5.82 Å². The first-order chi connectivity index (χ1) is 13.1. The molecule has 0 atom stereocenters. The van der Waals surface area contributed by atoms with Crippen LogP contribution in [0.15, 0.2) is 42.9 Å². The van der Waals surface area contributed by atoms with Crippen molar-refractivity contribution in [3.8, 4) is 5.82 Å². The summed E-state index contributed by atoms with van der Waals surface area (Å²) < 4.78 is 28.4. The Balaban J connectivity index is 1.40. The third kappa shape index (κ3) is 4.11. The number of piperazine rings is 1. The predicted octanol–water partition coefficient (Wildman–Crippen LogP) is 2.57. The zero-order valence-electron chi connectivity index (χ0n) is 15.0. The van der Waals surface area contributed by atoms with Gasteiger partial charge in [0.15, 0.2) is 5.82 Å². The molecule has 0 aliphatic carbocycles. The second kappa shape index (κ2) is 7.40. The van der Waals surface area contributed by atoms with Crippen LogP contribution >= 0.6 is 0 Å². The molecule has 0 radical (unpaired) electrons. The molecule has 6 nitrogen and oxygen atoms in total. The van der Waals surface area contributed by atoms with Gasteiger partial charge in [0.25, 0.3) is 0 Å². The molecular formula is C19H20F2N6. The molecule has 0 unspecified atom stereocenters. The monoisotopic (exact) mass is 370 g/mol. The Morgan fingerprint density at radius 2 is 1.63 bits per heavy atom. The third-order valence-electron chi connectivity index (χ3n) is 4.62. The van der Waals surface area contributed by atoms with Gasteiger partial charge in [-0.15, -0.1) is 0 Å². The quantitative estimate of drug-likeness (QED) is 0.707. The third-order valence-corrected chi connectivity index (χ3v) is 4.62. The largest absolute Gasteiger partial charge is 0.354 e. The zero-order valence-corrected chi connectivity index (χ0v) is 15.0. The van der Waals surface area contributed by atoms with Gasteiger partial charge in [0.2, 0.25) is 0 Å². The van der Waals surface area contributed by atoms with E-state index in [4.69, 9.17) is 0 Å². The molecule has 1 aromatic carbocycles. The molecule has 27 heavy (non-hydrogen) atoms. The summed E-state index contributed by atoms with van der Waals surface area (Å²) in [6, 6.07) is 7.52. The number of halogens is 2. The van der Waals surface area contributed by atoms with E-state index >= 15 is 0 Å². The lowest BCUT2D eigenvalue weighted by Gasteiger charge is -2.35. The summed E-state index contributed by atoms with van der Waals surface area (Å²) in [6.07, 6.45) is 3.42. The number of nitrogens with zero attached hydrogens (tertiary/aromatic N) is 6. The summed E-state index contributed by atoms with van der Waals surface area (Å²) in [7, 11) is 0. The highest BCUT2D eigenvalue weighted by atomic mass is 19.1. The van der Waals surface area contributed by atoms with Gasteiger partial charge in [-0.2, -0.15) is 5.10 Å². The van der Waals surface area contributed by atoms with Crippen LogP contribution in [0.2, 0.25) is 0 Å². The average molecular weight is 370 g/mol. The van der Waals surface area contributed by atoms with Crippen LogP contribution in [0.4, 0.5) is 14.6 Å². The molecule has 4 rings (SSSR count). The Bertz CT molecular complexity index is 913. The number of aromatic nitrogens is 4. The van der Waals surface area contributed by atoms with Crippen LogP contribution in [0.5, 0.6) is 0 Å².